The van der Waals surface area contributed by atoms with Crippen molar-refractivity contribution in [2.75, 3.05) is 0 Å². The Kier molecular flexibility index (Phi) is 7.48. The summed E-state index contributed by atoms with van der Waals surface area (Å²) in [6, 6.07) is 7.77. The number of benzene rings is 1. The van der Waals surface area contributed by atoms with E-state index in [9.17, 15) is 9.59 Å². The van der Waals surface area contributed by atoms with Crippen molar-refractivity contribution in [3.05, 3.63) is 63.3 Å². The fourth-order valence-electron chi connectivity index (χ4n) is 2.82. The first-order chi connectivity index (χ1) is 11.2. The van der Waals surface area contributed by atoms with Crippen LogP contribution in [-0.2, 0) is 50.8 Å². The van der Waals surface area contributed by atoms with E-state index in [0.29, 0.717) is 23.6 Å². The number of nitrogens with zero attached hydrogens (tertiary/aromatic N) is 3. The number of hydrogen-bond acceptors (Lipinski definition) is 4. The van der Waals surface area contributed by atoms with Crippen LogP contribution in [0.3, 0.4) is 0 Å². The Labute approximate surface area is 172 Å². The van der Waals surface area contributed by atoms with Crippen molar-refractivity contribution in [1.29, 1.82) is 0 Å². The van der Waals surface area contributed by atoms with Crippen LogP contribution in [0.25, 0.3) is 16.7 Å². The van der Waals surface area contributed by atoms with Gasteiger partial charge in [0.05, 0.1) is 11.7 Å². The first kappa shape index (κ1) is 21.5. The average molecular weight is 540 g/mol. The quantitative estimate of drug-likeness (QED) is 0.348. The fourth-order valence-corrected chi connectivity index (χ4v) is 2.82. The van der Waals surface area contributed by atoms with Crippen molar-refractivity contribution >= 4 is 17.3 Å². The molecule has 0 N–H and O–H groups in total. The normalized spacial score (nSPS) is 10.5. The molecule has 0 spiro atoms. The average Bonchev–Trinajstić information content (AvgIpc) is 2.96. The van der Waals surface area contributed by atoms with Gasteiger partial charge >= 0.3 is 0 Å². The minimum atomic E-state index is -0.404. The van der Waals surface area contributed by atoms with Gasteiger partial charge in [-0.3, -0.25) is 0 Å². The summed E-state index contributed by atoms with van der Waals surface area (Å²) >= 11 is 0. The molecule has 0 fully saturated rings. The van der Waals surface area contributed by atoms with Gasteiger partial charge in [0.2, 0.25) is 0 Å². The van der Waals surface area contributed by atoms with Crippen molar-refractivity contribution in [3.63, 3.8) is 0 Å². The van der Waals surface area contributed by atoms with Crippen LogP contribution in [0.4, 0.5) is 0 Å². The smallest absolute Gasteiger partial charge is 0.0701 e. The number of aromatic nitrogens is 3. The van der Waals surface area contributed by atoms with Gasteiger partial charge in [-0.05, 0) is 31.2 Å². The minimum absolute atomic E-state index is 0. The van der Waals surface area contributed by atoms with Crippen molar-refractivity contribution in [1.82, 2.24) is 14.5 Å². The molecule has 2 aromatic heterocycles. The second-order valence-corrected chi connectivity index (χ2v) is 4.98. The van der Waals surface area contributed by atoms with Crippen molar-refractivity contribution < 1.29 is 44.4 Å². The van der Waals surface area contributed by atoms with Gasteiger partial charge in [0, 0.05) is 56.8 Å². The molecule has 0 saturated carbocycles. The van der Waals surface area contributed by atoms with Crippen LogP contribution in [0, 0.1) is 13.1 Å². The zero-order chi connectivity index (χ0) is 16.6. The van der Waals surface area contributed by atoms with Crippen molar-refractivity contribution in [3.8, 4) is 5.69 Å². The molecule has 25 heavy (non-hydrogen) atoms. The molecule has 0 saturated heterocycles. The molecule has 4 rings (SSSR count). The molecule has 1 aliphatic heterocycles. The van der Waals surface area contributed by atoms with Crippen LogP contribution in [0.5, 0.6) is 0 Å². The van der Waals surface area contributed by atoms with Crippen LogP contribution in [0.15, 0.2) is 29.1 Å². The third kappa shape index (κ3) is 3.41. The summed E-state index contributed by atoms with van der Waals surface area (Å²) in [6.45, 7) is 5.74. The molecule has 0 aliphatic carbocycles. The molecule has 3 heterocycles. The van der Waals surface area contributed by atoms with E-state index in [1.807, 2.05) is 42.7 Å². The summed E-state index contributed by atoms with van der Waals surface area (Å²) < 4.78 is 1.84. The number of carbonyl (C=O) groups excluding carboxylic acids is 1. The van der Waals surface area contributed by atoms with Crippen LogP contribution < -0.4 is 5.43 Å². The number of fused-ring (bicyclic) bond motifs is 5. The summed E-state index contributed by atoms with van der Waals surface area (Å²) in [5.74, 6) is 0.531. The first-order valence-corrected chi connectivity index (χ1v) is 7.51. The maximum Gasteiger partial charge on any atom is 0.0701 e. The third-order valence-corrected chi connectivity index (χ3v) is 3.74. The first-order valence-electron chi connectivity index (χ1n) is 7.51. The molecular weight excluding hydrogens is 525 g/mol. The summed E-state index contributed by atoms with van der Waals surface area (Å²) in [4.78, 5) is 32.0. The van der Waals surface area contributed by atoms with Crippen LogP contribution in [0.1, 0.15) is 36.5 Å². The maximum atomic E-state index is 12.4. The van der Waals surface area contributed by atoms with Gasteiger partial charge in [0.25, 0.3) is 0 Å². The van der Waals surface area contributed by atoms with E-state index in [-0.39, 0.29) is 50.6 Å². The van der Waals surface area contributed by atoms with E-state index < -0.39 is 5.43 Å². The second-order valence-electron chi connectivity index (χ2n) is 4.98. The number of hydrogen-bond donors (Lipinski definition) is 0. The predicted octanol–water partition coefficient (Wildman–Crippen LogP) is 2.27. The second kappa shape index (κ2) is 8.71. The maximum absolute atomic E-state index is 12.4. The number of pyridine rings is 1. The number of rotatable bonds is 1. The van der Waals surface area contributed by atoms with Crippen molar-refractivity contribution in [2.24, 2.45) is 0 Å². The molecule has 7 heteroatoms. The van der Waals surface area contributed by atoms with Gasteiger partial charge in [-0.15, -0.1) is 0 Å². The molecule has 1 radical (unpaired) electrons. The number of para-hydroxylation sites is 1. The summed E-state index contributed by atoms with van der Waals surface area (Å²) in [5.41, 5.74) is 2.75. The van der Waals surface area contributed by atoms with E-state index in [1.165, 1.54) is 0 Å². The Morgan fingerprint density at radius 3 is 2.60 bits per heavy atom. The SMILES string of the molecule is CC.Cc1n[c-]c2c(=O)c([C-]=O)c3n(c2n1)-c1ccccc1C3.[V].[W]. The molecule has 0 unspecified atom stereocenters. The van der Waals surface area contributed by atoms with Gasteiger partial charge in [-0.25, -0.2) is 0 Å². The summed E-state index contributed by atoms with van der Waals surface area (Å²) in [5, 5.41) is 0.222. The summed E-state index contributed by atoms with van der Waals surface area (Å²) in [6.07, 6.45) is 5.00. The molecule has 1 aliphatic rings. The molecule has 3 aromatic rings. The van der Waals surface area contributed by atoms with Crippen LogP contribution in [0.2, 0.25) is 0 Å². The Morgan fingerprint density at radius 1 is 1.24 bits per heavy atom. The topological polar surface area (TPSA) is 64.8 Å². The predicted molar refractivity (Wildman–Crippen MR) is 87.7 cm³/mol. The largest absolute Gasteiger partial charge is 0.394 e. The minimum Gasteiger partial charge on any atom is -0.394 e. The molecule has 1 aromatic carbocycles. The Morgan fingerprint density at radius 2 is 1.92 bits per heavy atom. The van der Waals surface area contributed by atoms with Crippen molar-refractivity contribution in [2.45, 2.75) is 27.2 Å². The molecule has 5 nitrogen and oxygen atoms in total. The van der Waals surface area contributed by atoms with Gasteiger partial charge in [-0.1, -0.05) is 48.7 Å². The zero-order valence-electron chi connectivity index (χ0n) is 14.0. The van der Waals surface area contributed by atoms with E-state index in [2.05, 4.69) is 16.2 Å². The van der Waals surface area contributed by atoms with Gasteiger partial charge < -0.3 is 24.1 Å². The number of aryl methyl sites for hydroxylation is 1. The Hall–Kier alpha value is -1.55. The fraction of sp³-hybridized carbons (Fsp3) is 0.222. The molecular formula is C18H15N3O2VW-2. The van der Waals surface area contributed by atoms with E-state index in [1.54, 1.807) is 13.2 Å². The van der Waals surface area contributed by atoms with Crippen LogP contribution >= 0.6 is 0 Å². The van der Waals surface area contributed by atoms with E-state index in [0.717, 1.165) is 11.3 Å². The van der Waals surface area contributed by atoms with Gasteiger partial charge in [0.1, 0.15) is 0 Å². The Balaban J connectivity index is 0.000000755. The van der Waals surface area contributed by atoms with Gasteiger partial charge in [-0.2, -0.15) is 0 Å². The molecule has 0 bridgehead atoms. The molecule has 0 atom stereocenters. The van der Waals surface area contributed by atoms with Crippen LogP contribution in [-0.4, -0.2) is 20.8 Å². The summed E-state index contributed by atoms with van der Waals surface area (Å²) in [7, 11) is 0. The molecule has 0 amide bonds. The van der Waals surface area contributed by atoms with Gasteiger partial charge in [0.15, 0.2) is 0 Å². The van der Waals surface area contributed by atoms with E-state index in [4.69, 9.17) is 0 Å². The monoisotopic (exact) mass is 540 g/mol. The Bertz CT molecular complexity index is 986. The molecule has 127 valence electrons. The third-order valence-electron chi connectivity index (χ3n) is 3.74. The zero-order valence-corrected chi connectivity index (χ0v) is 18.4. The van der Waals surface area contributed by atoms with E-state index >= 15 is 0 Å². The standard InChI is InChI=1S/C16H9N3O2.C2H6.V.W/c1-9-17-7-11-15(21)12(8-20)14-6-10-4-2-3-5-13(10)19(14)16(11)18-9;1-2;;/h2-5H,6H2,1H3;1-2H3;;/q-2;;;.